The Labute approximate surface area is 83.2 Å². The minimum absolute atomic E-state index is 0.350. The smallest absolute Gasteiger partial charge is 0.0157 e. The second-order valence-corrected chi connectivity index (χ2v) is 8.41. The maximum absolute atomic E-state index is 2.52. The molecule has 4 aliphatic rings. The van der Waals surface area contributed by atoms with Crippen molar-refractivity contribution in [3.8, 4) is 0 Å². The molecule has 4 rings (SSSR count). The average Bonchev–Trinajstić information content (AvgIpc) is 2.00. The Balaban J connectivity index is 1.85. The first-order valence-electron chi connectivity index (χ1n) is 5.90. The Hall–Kier alpha value is 0.430. The highest BCUT2D eigenvalue weighted by Gasteiger charge is 2.48. The predicted octanol–water partition coefficient (Wildman–Crippen LogP) is 3.55. The Morgan fingerprint density at radius 3 is 1.62 bits per heavy atom. The molecule has 4 bridgehead atoms. The summed E-state index contributed by atoms with van der Waals surface area (Å²) in [6, 6.07) is 0. The lowest BCUT2D eigenvalue weighted by molar-refractivity contribution is 0.0251. The molecular formula is C12H21P. The summed E-state index contributed by atoms with van der Waals surface area (Å²) in [7, 11) is 0.350. The molecule has 4 fully saturated rings. The second kappa shape index (κ2) is 2.96. The monoisotopic (exact) mass is 196 g/mol. The third-order valence-electron chi connectivity index (χ3n) is 4.77. The Morgan fingerprint density at radius 2 is 1.23 bits per heavy atom. The van der Waals surface area contributed by atoms with Crippen LogP contribution in [-0.4, -0.2) is 19.0 Å². The molecule has 13 heavy (non-hydrogen) atoms. The molecule has 74 valence electrons. The fourth-order valence-corrected chi connectivity index (χ4v) is 6.91. The van der Waals surface area contributed by atoms with Crippen LogP contribution in [0.3, 0.4) is 0 Å². The van der Waals surface area contributed by atoms with Crippen LogP contribution in [0.2, 0.25) is 0 Å². The molecule has 1 heteroatoms. The molecule has 0 nitrogen and oxygen atoms in total. The van der Waals surface area contributed by atoms with Gasteiger partial charge in [-0.15, -0.1) is 7.92 Å². The molecule has 0 atom stereocenters. The van der Waals surface area contributed by atoms with Gasteiger partial charge in [0, 0.05) is 0 Å². The van der Waals surface area contributed by atoms with Gasteiger partial charge in [-0.25, -0.2) is 0 Å². The highest BCUT2D eigenvalue weighted by Crippen LogP contribution is 2.61. The molecule has 4 aliphatic carbocycles. The number of hydrogen-bond donors (Lipinski definition) is 0. The average molecular weight is 196 g/mol. The maximum Gasteiger partial charge on any atom is -0.0157 e. The van der Waals surface area contributed by atoms with E-state index in [4.69, 9.17) is 0 Å². The molecule has 0 spiro atoms. The van der Waals surface area contributed by atoms with E-state index in [0.717, 1.165) is 23.7 Å². The van der Waals surface area contributed by atoms with Crippen LogP contribution in [0.1, 0.15) is 32.1 Å². The van der Waals surface area contributed by atoms with Crippen LogP contribution in [0.5, 0.6) is 0 Å². The molecule has 0 heterocycles. The van der Waals surface area contributed by atoms with Crippen molar-refractivity contribution in [1.82, 2.24) is 0 Å². The van der Waals surface area contributed by atoms with Gasteiger partial charge in [0.25, 0.3) is 0 Å². The Morgan fingerprint density at radius 1 is 0.769 bits per heavy atom. The third kappa shape index (κ3) is 1.29. The topological polar surface area (TPSA) is 0 Å². The second-order valence-electron chi connectivity index (χ2n) is 5.88. The minimum Gasteiger partial charge on any atom is -0.109 e. The Bertz CT molecular complexity index is 181. The first-order valence-corrected chi connectivity index (χ1v) is 8.21. The molecule has 0 aliphatic heterocycles. The predicted molar refractivity (Wildman–Crippen MR) is 59.6 cm³/mol. The van der Waals surface area contributed by atoms with E-state index >= 15 is 0 Å². The van der Waals surface area contributed by atoms with Crippen LogP contribution in [0.25, 0.3) is 0 Å². The summed E-state index contributed by atoms with van der Waals surface area (Å²) in [5.74, 6) is 4.65. The van der Waals surface area contributed by atoms with Gasteiger partial charge in [0.1, 0.15) is 0 Å². The highest BCUT2D eigenvalue weighted by atomic mass is 31.1. The van der Waals surface area contributed by atoms with Crippen molar-refractivity contribution in [2.45, 2.75) is 37.8 Å². The van der Waals surface area contributed by atoms with Gasteiger partial charge >= 0.3 is 0 Å². The molecule has 4 saturated carbocycles. The fourth-order valence-electron chi connectivity index (χ4n) is 4.74. The molecule has 0 N–H and O–H groups in total. The van der Waals surface area contributed by atoms with E-state index in [9.17, 15) is 0 Å². The van der Waals surface area contributed by atoms with Gasteiger partial charge in [-0.3, -0.25) is 0 Å². The maximum atomic E-state index is 2.52. The fraction of sp³-hybridized carbons (Fsp3) is 1.00. The van der Waals surface area contributed by atoms with Gasteiger partial charge < -0.3 is 0 Å². The van der Waals surface area contributed by atoms with Crippen molar-refractivity contribution in [2.24, 2.45) is 23.7 Å². The van der Waals surface area contributed by atoms with E-state index in [1.165, 1.54) is 5.66 Å². The van der Waals surface area contributed by atoms with E-state index < -0.39 is 0 Å². The van der Waals surface area contributed by atoms with Crippen LogP contribution in [0, 0.1) is 23.7 Å². The third-order valence-corrected chi connectivity index (χ3v) is 6.81. The van der Waals surface area contributed by atoms with Crippen molar-refractivity contribution in [3.05, 3.63) is 0 Å². The molecule has 0 aromatic carbocycles. The highest BCUT2D eigenvalue weighted by molar-refractivity contribution is 7.56. The van der Waals surface area contributed by atoms with Crippen LogP contribution >= 0.6 is 7.92 Å². The summed E-state index contributed by atoms with van der Waals surface area (Å²) in [6.07, 6.45) is 8.04. The largest absolute Gasteiger partial charge is 0.109 e. The number of hydrogen-bond acceptors (Lipinski definition) is 0. The number of rotatable bonds is 1. The first kappa shape index (κ1) is 8.72. The normalized spacial score (nSPS) is 53.3. The minimum atomic E-state index is 0.350. The molecule has 0 unspecified atom stereocenters. The van der Waals surface area contributed by atoms with Gasteiger partial charge in [-0.2, -0.15) is 0 Å². The molecule has 0 radical (unpaired) electrons. The van der Waals surface area contributed by atoms with E-state index in [-0.39, 0.29) is 0 Å². The lowest BCUT2D eigenvalue weighted by Gasteiger charge is -2.55. The van der Waals surface area contributed by atoms with E-state index in [1.54, 1.807) is 32.1 Å². The SMILES string of the molecule is CP(C)C1C2CC3CC(C2)CC1C3. The van der Waals surface area contributed by atoms with E-state index in [2.05, 4.69) is 13.3 Å². The zero-order valence-corrected chi connectivity index (χ0v) is 9.76. The van der Waals surface area contributed by atoms with Crippen LogP contribution < -0.4 is 0 Å². The van der Waals surface area contributed by atoms with Crippen molar-refractivity contribution in [3.63, 3.8) is 0 Å². The summed E-state index contributed by atoms with van der Waals surface area (Å²) in [6.45, 7) is 5.03. The first-order chi connectivity index (χ1) is 6.24. The molecule has 0 amide bonds. The standard InChI is InChI=1S/C12H21P/c1-13(2)12-10-4-8-3-9(6-10)7-11(12)5-8/h8-12H,3-7H2,1-2H3. The van der Waals surface area contributed by atoms with Crippen molar-refractivity contribution in [1.29, 1.82) is 0 Å². The lowest BCUT2D eigenvalue weighted by atomic mass is 9.56. The van der Waals surface area contributed by atoms with E-state index in [1.807, 2.05) is 0 Å². The van der Waals surface area contributed by atoms with E-state index in [0.29, 0.717) is 7.92 Å². The molecular weight excluding hydrogens is 175 g/mol. The van der Waals surface area contributed by atoms with Gasteiger partial charge in [0.2, 0.25) is 0 Å². The molecule has 0 saturated heterocycles. The Kier molecular flexibility index (Phi) is 1.98. The summed E-state index contributed by atoms with van der Waals surface area (Å²) in [5.41, 5.74) is 1.17. The van der Waals surface area contributed by atoms with Crippen LogP contribution in [-0.2, 0) is 0 Å². The summed E-state index contributed by atoms with van der Waals surface area (Å²) in [4.78, 5) is 0. The summed E-state index contributed by atoms with van der Waals surface area (Å²) >= 11 is 0. The van der Waals surface area contributed by atoms with Crippen LogP contribution in [0.15, 0.2) is 0 Å². The van der Waals surface area contributed by atoms with Crippen molar-refractivity contribution in [2.75, 3.05) is 13.3 Å². The van der Waals surface area contributed by atoms with Crippen molar-refractivity contribution >= 4 is 7.92 Å². The summed E-state index contributed by atoms with van der Waals surface area (Å²) < 4.78 is 0. The van der Waals surface area contributed by atoms with Gasteiger partial charge in [0.15, 0.2) is 0 Å². The quantitative estimate of drug-likeness (QED) is 0.562. The zero-order valence-electron chi connectivity index (χ0n) is 8.87. The van der Waals surface area contributed by atoms with Gasteiger partial charge in [-0.1, -0.05) is 0 Å². The molecule has 0 aromatic rings. The zero-order chi connectivity index (χ0) is 9.00. The molecule has 0 aromatic heterocycles. The van der Waals surface area contributed by atoms with Gasteiger partial charge in [-0.05, 0) is 74.8 Å². The van der Waals surface area contributed by atoms with Crippen molar-refractivity contribution < 1.29 is 0 Å². The summed E-state index contributed by atoms with van der Waals surface area (Å²) in [5, 5.41) is 0. The van der Waals surface area contributed by atoms with Crippen LogP contribution in [0.4, 0.5) is 0 Å². The van der Waals surface area contributed by atoms with Gasteiger partial charge in [0.05, 0.1) is 0 Å². The lowest BCUT2D eigenvalue weighted by Crippen LogP contribution is -2.47.